The predicted molar refractivity (Wildman–Crippen MR) is 152 cm³/mol. The lowest BCUT2D eigenvalue weighted by atomic mass is 9.91. The van der Waals surface area contributed by atoms with Crippen LogP contribution in [-0.4, -0.2) is 44.2 Å². The van der Waals surface area contributed by atoms with Crippen LogP contribution in [0.3, 0.4) is 0 Å². The molecular formula is C26H29ClN6O2S2. The highest BCUT2D eigenvalue weighted by Gasteiger charge is 2.31. The fourth-order valence-electron chi connectivity index (χ4n) is 3.88. The quantitative estimate of drug-likeness (QED) is 0.218. The molecule has 3 aromatic rings. The number of hydrazone groups is 1. The lowest BCUT2D eigenvalue weighted by Crippen LogP contribution is -2.40. The number of nitrogens with zero attached hydrogens (tertiary/aromatic N) is 3. The summed E-state index contributed by atoms with van der Waals surface area (Å²) in [6, 6.07) is 25.4. The number of nitrogens with one attached hydrogen (secondary N) is 2. The number of guanidine groups is 1. The van der Waals surface area contributed by atoms with E-state index in [9.17, 15) is 8.42 Å². The zero-order valence-electron chi connectivity index (χ0n) is 20.5. The van der Waals surface area contributed by atoms with Crippen molar-refractivity contribution < 1.29 is 8.42 Å². The fourth-order valence-corrected chi connectivity index (χ4v) is 5.29. The van der Waals surface area contributed by atoms with E-state index in [1.165, 1.54) is 17.5 Å². The number of halogens is 1. The Bertz CT molecular complexity index is 1360. The lowest BCUT2D eigenvalue weighted by molar-refractivity contribution is 0.462. The highest BCUT2D eigenvalue weighted by molar-refractivity contribution is 7.98. The van der Waals surface area contributed by atoms with E-state index in [1.807, 2.05) is 78.7 Å². The molecule has 4 N–H and O–H groups in total. The van der Waals surface area contributed by atoms with Crippen molar-refractivity contribution in [3.8, 4) is 0 Å². The molecule has 1 aliphatic rings. The number of nitrogens with two attached hydrogens (primary N) is 1. The molecule has 3 aromatic carbocycles. The van der Waals surface area contributed by atoms with Crippen molar-refractivity contribution in [2.24, 2.45) is 15.2 Å². The van der Waals surface area contributed by atoms with Crippen molar-refractivity contribution in [3.05, 3.63) is 101 Å². The first-order valence-electron chi connectivity index (χ1n) is 11.7. The second kappa shape index (κ2) is 12.1. The summed E-state index contributed by atoms with van der Waals surface area (Å²) < 4.78 is 28.6. The van der Waals surface area contributed by atoms with E-state index in [0.717, 1.165) is 21.7 Å². The Morgan fingerprint density at radius 1 is 1.14 bits per heavy atom. The number of hydrogen-bond acceptors (Lipinski definition) is 5. The SMILES string of the molecule is Cc1ccc(SNC(=NC[C@@H](C)NS(N)(=O)=O)N2CC(c3ccccc3)C(c3ccc(Cl)cc3)=N2)cc1. The third-order valence-corrected chi connectivity index (χ3v) is 7.44. The summed E-state index contributed by atoms with van der Waals surface area (Å²) in [7, 11) is -3.84. The van der Waals surface area contributed by atoms with Crippen LogP contribution in [0.15, 0.2) is 93.9 Å². The molecule has 0 radical (unpaired) electrons. The molecule has 37 heavy (non-hydrogen) atoms. The molecule has 194 valence electrons. The van der Waals surface area contributed by atoms with Crippen molar-refractivity contribution in [2.45, 2.75) is 30.7 Å². The van der Waals surface area contributed by atoms with Crippen LogP contribution in [0.2, 0.25) is 5.02 Å². The Hall–Kier alpha value is -2.89. The molecule has 0 spiro atoms. The molecule has 2 atom stereocenters. The molecule has 1 unspecified atom stereocenters. The topological polar surface area (TPSA) is 112 Å². The first-order valence-corrected chi connectivity index (χ1v) is 14.4. The number of benzene rings is 3. The third-order valence-electron chi connectivity index (χ3n) is 5.66. The average molecular weight is 557 g/mol. The smallest absolute Gasteiger partial charge is 0.274 e. The van der Waals surface area contributed by atoms with Gasteiger partial charge < -0.3 is 0 Å². The average Bonchev–Trinajstić information content (AvgIpc) is 3.30. The minimum atomic E-state index is -3.84. The minimum Gasteiger partial charge on any atom is -0.295 e. The molecule has 0 saturated carbocycles. The Morgan fingerprint density at radius 3 is 2.46 bits per heavy atom. The van der Waals surface area contributed by atoms with Gasteiger partial charge in [0.05, 0.1) is 18.8 Å². The van der Waals surface area contributed by atoms with Crippen LogP contribution in [0.1, 0.15) is 29.5 Å². The van der Waals surface area contributed by atoms with Gasteiger partial charge in [-0.25, -0.2) is 15.1 Å². The zero-order chi connectivity index (χ0) is 26.4. The van der Waals surface area contributed by atoms with Gasteiger partial charge in [0.15, 0.2) is 0 Å². The second-order valence-corrected chi connectivity index (χ2v) is 11.4. The van der Waals surface area contributed by atoms with Gasteiger partial charge in [-0.1, -0.05) is 71.8 Å². The second-order valence-electron chi connectivity index (χ2n) is 8.78. The number of rotatable bonds is 8. The van der Waals surface area contributed by atoms with Crippen LogP contribution in [0.4, 0.5) is 0 Å². The Morgan fingerprint density at radius 2 is 1.81 bits per heavy atom. The summed E-state index contributed by atoms with van der Waals surface area (Å²) in [5.41, 5.74) is 4.17. The molecule has 0 aliphatic carbocycles. The van der Waals surface area contributed by atoms with Gasteiger partial charge in [-0.3, -0.25) is 4.72 Å². The predicted octanol–water partition coefficient (Wildman–Crippen LogP) is 4.29. The van der Waals surface area contributed by atoms with Crippen molar-refractivity contribution in [1.29, 1.82) is 0 Å². The molecule has 1 heterocycles. The summed E-state index contributed by atoms with van der Waals surface area (Å²) in [6.45, 7) is 4.47. The van der Waals surface area contributed by atoms with Crippen molar-refractivity contribution in [2.75, 3.05) is 13.1 Å². The Kier molecular flexibility index (Phi) is 8.88. The first-order chi connectivity index (χ1) is 17.7. The molecule has 0 amide bonds. The third kappa shape index (κ3) is 7.80. The summed E-state index contributed by atoms with van der Waals surface area (Å²) >= 11 is 7.55. The minimum absolute atomic E-state index is 0.00119. The van der Waals surface area contributed by atoms with E-state index in [2.05, 4.69) is 21.6 Å². The molecule has 11 heteroatoms. The Balaban J connectivity index is 1.65. The summed E-state index contributed by atoms with van der Waals surface area (Å²) in [5, 5.41) is 12.6. The van der Waals surface area contributed by atoms with E-state index >= 15 is 0 Å². The fraction of sp³-hybridized carbons (Fsp3) is 0.231. The van der Waals surface area contributed by atoms with Crippen LogP contribution in [-0.2, 0) is 10.2 Å². The monoisotopic (exact) mass is 556 g/mol. The summed E-state index contributed by atoms with van der Waals surface area (Å²) in [4.78, 5) is 5.70. The van der Waals surface area contributed by atoms with Crippen LogP contribution in [0.25, 0.3) is 0 Å². The van der Waals surface area contributed by atoms with E-state index < -0.39 is 16.3 Å². The van der Waals surface area contributed by atoms with Crippen LogP contribution < -0.4 is 14.6 Å². The number of hydrogen-bond donors (Lipinski definition) is 3. The lowest BCUT2D eigenvalue weighted by Gasteiger charge is -2.20. The van der Waals surface area contributed by atoms with Gasteiger partial charge in [-0.15, -0.1) is 0 Å². The van der Waals surface area contributed by atoms with Crippen molar-refractivity contribution in [1.82, 2.24) is 14.5 Å². The molecule has 0 fully saturated rings. The van der Waals surface area contributed by atoms with Crippen LogP contribution in [0, 0.1) is 6.92 Å². The van der Waals surface area contributed by atoms with Crippen LogP contribution in [0.5, 0.6) is 0 Å². The van der Waals surface area contributed by atoms with Gasteiger partial charge in [-0.05, 0) is 61.2 Å². The van der Waals surface area contributed by atoms with Gasteiger partial charge in [-0.2, -0.15) is 18.2 Å². The molecule has 8 nitrogen and oxygen atoms in total. The van der Waals surface area contributed by atoms with Gasteiger partial charge in [0, 0.05) is 21.9 Å². The van der Waals surface area contributed by atoms with Gasteiger partial charge in [0.1, 0.15) is 0 Å². The first kappa shape index (κ1) is 27.2. The van der Waals surface area contributed by atoms with Crippen LogP contribution >= 0.6 is 23.5 Å². The Labute approximate surface area is 227 Å². The maximum atomic E-state index is 11.5. The van der Waals surface area contributed by atoms with E-state index in [1.54, 1.807) is 6.92 Å². The highest BCUT2D eigenvalue weighted by Crippen LogP contribution is 2.30. The molecule has 1 aliphatic heterocycles. The summed E-state index contributed by atoms with van der Waals surface area (Å²) in [6.07, 6.45) is 0. The molecule has 0 bridgehead atoms. The van der Waals surface area contributed by atoms with Gasteiger partial charge >= 0.3 is 0 Å². The zero-order valence-corrected chi connectivity index (χ0v) is 22.9. The van der Waals surface area contributed by atoms with Crippen molar-refractivity contribution in [3.63, 3.8) is 0 Å². The van der Waals surface area contributed by atoms with Gasteiger partial charge in [0.2, 0.25) is 5.96 Å². The normalized spacial score (nSPS) is 17.0. The van der Waals surface area contributed by atoms with Gasteiger partial charge in [0.25, 0.3) is 10.2 Å². The van der Waals surface area contributed by atoms with E-state index in [-0.39, 0.29) is 12.5 Å². The largest absolute Gasteiger partial charge is 0.295 e. The molecule has 4 rings (SSSR count). The summed E-state index contributed by atoms with van der Waals surface area (Å²) in [5.74, 6) is 0.511. The standard InChI is InChI=1S/C26H29ClN6O2S2/c1-18-8-14-23(15-9-18)36-31-26(29-16-19(2)32-37(28,34)35)33-17-24(20-6-4-3-5-7-20)25(30-33)21-10-12-22(27)13-11-21/h3-15,19,24,32H,16-17H2,1-2H3,(H,29,31)(H2,28,34,35)/t19-,24?/m1/s1. The molecule has 0 aromatic heterocycles. The van der Waals surface area contributed by atoms with E-state index in [4.69, 9.17) is 26.8 Å². The molecule has 0 saturated heterocycles. The maximum absolute atomic E-state index is 11.5. The number of aryl methyl sites for hydroxylation is 1. The molecular weight excluding hydrogens is 528 g/mol. The van der Waals surface area contributed by atoms with E-state index in [0.29, 0.717) is 17.5 Å². The highest BCUT2D eigenvalue weighted by atomic mass is 35.5. The maximum Gasteiger partial charge on any atom is 0.274 e. The van der Waals surface area contributed by atoms with Crippen molar-refractivity contribution >= 4 is 45.4 Å². The number of aliphatic imine (C=N–C) groups is 1.